The maximum Gasteiger partial charge on any atom is 0.258 e. The van der Waals surface area contributed by atoms with E-state index in [1.807, 2.05) is 0 Å². The Morgan fingerprint density at radius 2 is 2.06 bits per heavy atom. The van der Waals surface area contributed by atoms with Crippen LogP contribution in [0, 0.1) is 11.6 Å². The van der Waals surface area contributed by atoms with Crippen LogP contribution in [0.1, 0.15) is 23.2 Å². The third kappa shape index (κ3) is 4.33. The van der Waals surface area contributed by atoms with Gasteiger partial charge in [-0.3, -0.25) is 4.79 Å². The summed E-state index contributed by atoms with van der Waals surface area (Å²) in [6.07, 6.45) is 2.73. The van der Waals surface area contributed by atoms with Gasteiger partial charge in [-0.1, -0.05) is 6.07 Å². The van der Waals surface area contributed by atoms with Gasteiger partial charge < -0.3 is 10.5 Å². The van der Waals surface area contributed by atoms with Crippen molar-refractivity contribution in [3.8, 4) is 0 Å². The van der Waals surface area contributed by atoms with Gasteiger partial charge in [-0.05, 0) is 36.6 Å². The Balaban J connectivity index is 0.000000199. The van der Waals surface area contributed by atoms with E-state index in [9.17, 15) is 13.6 Å². The molecule has 2 rings (SSSR count). The summed E-state index contributed by atoms with van der Waals surface area (Å²) in [6.45, 7) is 1.61. The average Bonchev–Trinajstić information content (AvgIpc) is 2.81. The van der Waals surface area contributed by atoms with Crippen molar-refractivity contribution in [3.05, 3.63) is 35.4 Å². The highest BCUT2D eigenvalue weighted by Gasteiger charge is 2.13. The summed E-state index contributed by atoms with van der Waals surface area (Å²) in [6, 6.07) is 3.10. The van der Waals surface area contributed by atoms with Gasteiger partial charge >= 0.3 is 0 Å². The van der Waals surface area contributed by atoms with Crippen molar-refractivity contribution in [1.82, 2.24) is 0 Å². The number of hydrogen-bond donors (Lipinski definition) is 1. The zero-order valence-corrected chi connectivity index (χ0v) is 10.4. The molecule has 1 unspecified atom stereocenters. The topological polar surface area (TPSA) is 52.3 Å². The van der Waals surface area contributed by atoms with Crippen LogP contribution in [0.3, 0.4) is 0 Å². The van der Waals surface area contributed by atoms with Crippen molar-refractivity contribution in [2.75, 3.05) is 13.2 Å². The van der Waals surface area contributed by atoms with Crippen LogP contribution in [0.2, 0.25) is 0 Å². The van der Waals surface area contributed by atoms with Crippen LogP contribution >= 0.6 is 11.6 Å². The second-order valence-corrected chi connectivity index (χ2v) is 4.08. The molecule has 0 radical (unpaired) electrons. The standard InChI is InChI=1S/C7H3ClF2O.C5H11NO/c8-7(11)6-4(9)2-1-3-5(6)10;6-4-5-2-1-3-7-5/h1-3H;5H,1-4,6H2. The van der Waals surface area contributed by atoms with Gasteiger partial charge in [0.2, 0.25) is 0 Å². The van der Waals surface area contributed by atoms with Gasteiger partial charge in [0.1, 0.15) is 17.2 Å². The van der Waals surface area contributed by atoms with E-state index in [0.29, 0.717) is 12.6 Å². The highest BCUT2D eigenvalue weighted by atomic mass is 35.5. The number of hydrogen-bond acceptors (Lipinski definition) is 3. The molecule has 0 aliphatic carbocycles. The first-order valence-electron chi connectivity index (χ1n) is 5.51. The number of rotatable bonds is 2. The first-order valence-corrected chi connectivity index (χ1v) is 5.89. The van der Waals surface area contributed by atoms with Gasteiger partial charge in [0.15, 0.2) is 0 Å². The molecule has 1 aliphatic rings. The molecule has 1 fully saturated rings. The molecular weight excluding hydrogens is 264 g/mol. The number of carbonyl (C=O) groups is 1. The van der Waals surface area contributed by atoms with E-state index in [4.69, 9.17) is 22.1 Å². The van der Waals surface area contributed by atoms with Crippen molar-refractivity contribution in [1.29, 1.82) is 0 Å². The summed E-state index contributed by atoms with van der Waals surface area (Å²) < 4.78 is 30.3. The molecule has 0 saturated carbocycles. The molecule has 0 spiro atoms. The molecule has 2 N–H and O–H groups in total. The summed E-state index contributed by atoms with van der Waals surface area (Å²) in [5.74, 6) is -1.88. The van der Waals surface area contributed by atoms with E-state index >= 15 is 0 Å². The molecule has 1 aromatic rings. The molecule has 1 aromatic carbocycles. The second kappa shape index (κ2) is 7.41. The van der Waals surface area contributed by atoms with Gasteiger partial charge in [0.05, 0.1) is 6.10 Å². The van der Waals surface area contributed by atoms with Crippen LogP contribution in [0.5, 0.6) is 0 Å². The Hall–Kier alpha value is -1.04. The van der Waals surface area contributed by atoms with E-state index in [1.54, 1.807) is 0 Å². The van der Waals surface area contributed by atoms with Crippen LogP contribution in [0.4, 0.5) is 8.78 Å². The van der Waals surface area contributed by atoms with Gasteiger partial charge in [-0.25, -0.2) is 8.78 Å². The molecule has 100 valence electrons. The summed E-state index contributed by atoms with van der Waals surface area (Å²) in [4.78, 5) is 10.4. The van der Waals surface area contributed by atoms with Crippen molar-refractivity contribution in [2.24, 2.45) is 5.73 Å². The number of benzene rings is 1. The van der Waals surface area contributed by atoms with E-state index < -0.39 is 22.4 Å². The third-order valence-electron chi connectivity index (χ3n) is 2.45. The lowest BCUT2D eigenvalue weighted by molar-refractivity contribution is 0.107. The molecule has 3 nitrogen and oxygen atoms in total. The third-order valence-corrected chi connectivity index (χ3v) is 2.64. The molecule has 0 aromatic heterocycles. The molecular formula is C12H14ClF2NO2. The highest BCUT2D eigenvalue weighted by Crippen LogP contribution is 2.13. The first-order chi connectivity index (χ1) is 8.56. The van der Waals surface area contributed by atoms with Crippen LogP contribution < -0.4 is 5.73 Å². The molecule has 1 aliphatic heterocycles. The Labute approximate surface area is 109 Å². The Kier molecular flexibility index (Phi) is 6.18. The normalized spacial score (nSPS) is 18.1. The SMILES string of the molecule is NCC1CCCO1.O=C(Cl)c1c(F)cccc1F. The molecule has 6 heteroatoms. The second-order valence-electron chi connectivity index (χ2n) is 3.74. The number of carbonyl (C=O) groups excluding carboxylic acids is 1. The van der Waals surface area contributed by atoms with Crippen molar-refractivity contribution in [2.45, 2.75) is 18.9 Å². The first kappa shape index (κ1) is 15.0. The van der Waals surface area contributed by atoms with Crippen LogP contribution in [0.25, 0.3) is 0 Å². The average molecular weight is 278 g/mol. The fourth-order valence-electron chi connectivity index (χ4n) is 1.52. The lowest BCUT2D eigenvalue weighted by Gasteiger charge is -2.01. The van der Waals surface area contributed by atoms with Crippen molar-refractivity contribution >= 4 is 16.8 Å². The minimum absolute atomic E-state index is 0.375. The maximum absolute atomic E-state index is 12.6. The van der Waals surface area contributed by atoms with Crippen molar-refractivity contribution < 1.29 is 18.3 Å². The van der Waals surface area contributed by atoms with Gasteiger partial charge in [-0.2, -0.15) is 0 Å². The smallest absolute Gasteiger partial charge is 0.258 e. The zero-order valence-electron chi connectivity index (χ0n) is 9.67. The summed E-state index contributed by atoms with van der Waals surface area (Å²) in [5.41, 5.74) is 4.61. The highest BCUT2D eigenvalue weighted by molar-refractivity contribution is 6.67. The van der Waals surface area contributed by atoms with Gasteiger partial charge in [0, 0.05) is 13.2 Å². The van der Waals surface area contributed by atoms with Crippen LogP contribution in [0.15, 0.2) is 18.2 Å². The quantitative estimate of drug-likeness (QED) is 0.845. The molecule has 0 amide bonds. The van der Waals surface area contributed by atoms with E-state index in [0.717, 1.165) is 31.2 Å². The summed E-state index contributed by atoms with van der Waals surface area (Å²) >= 11 is 4.89. The predicted octanol–water partition coefficient (Wildman–Crippen LogP) is 2.47. The number of halogens is 3. The van der Waals surface area contributed by atoms with Crippen LogP contribution in [-0.4, -0.2) is 24.5 Å². The largest absolute Gasteiger partial charge is 0.377 e. The minimum Gasteiger partial charge on any atom is -0.377 e. The lowest BCUT2D eigenvalue weighted by atomic mass is 10.2. The molecule has 1 heterocycles. The van der Waals surface area contributed by atoms with Crippen molar-refractivity contribution in [3.63, 3.8) is 0 Å². The fraction of sp³-hybridized carbons (Fsp3) is 0.417. The molecule has 18 heavy (non-hydrogen) atoms. The van der Waals surface area contributed by atoms with E-state index in [2.05, 4.69) is 0 Å². The summed E-state index contributed by atoms with van der Waals surface area (Å²) in [7, 11) is 0. The van der Waals surface area contributed by atoms with Gasteiger partial charge in [-0.15, -0.1) is 0 Å². The summed E-state index contributed by atoms with van der Waals surface area (Å²) in [5, 5.41) is -1.12. The Morgan fingerprint density at radius 1 is 1.44 bits per heavy atom. The number of ether oxygens (including phenoxy) is 1. The predicted molar refractivity (Wildman–Crippen MR) is 64.6 cm³/mol. The van der Waals surface area contributed by atoms with Crippen LogP contribution in [-0.2, 0) is 4.74 Å². The molecule has 0 bridgehead atoms. The molecule has 1 atom stereocenters. The monoisotopic (exact) mass is 277 g/mol. The number of nitrogens with two attached hydrogens (primary N) is 1. The maximum atomic E-state index is 12.6. The van der Waals surface area contributed by atoms with E-state index in [-0.39, 0.29) is 0 Å². The van der Waals surface area contributed by atoms with E-state index in [1.165, 1.54) is 6.42 Å². The lowest BCUT2D eigenvalue weighted by Crippen LogP contribution is -2.17. The zero-order chi connectivity index (χ0) is 13.5. The minimum atomic E-state index is -1.12. The molecule has 1 saturated heterocycles. The fourth-order valence-corrected chi connectivity index (χ4v) is 1.70. The van der Waals surface area contributed by atoms with Gasteiger partial charge in [0.25, 0.3) is 5.24 Å². The Bertz CT molecular complexity index is 389. The Morgan fingerprint density at radius 3 is 2.33 bits per heavy atom.